The van der Waals surface area contributed by atoms with Crippen molar-refractivity contribution in [1.29, 1.82) is 0 Å². The molecule has 1 aliphatic heterocycles. The summed E-state index contributed by atoms with van der Waals surface area (Å²) >= 11 is 0. The maximum absolute atomic E-state index is 13.1. The highest BCUT2D eigenvalue weighted by atomic mass is 32.2. The van der Waals surface area contributed by atoms with E-state index in [1.54, 1.807) is 18.2 Å². The quantitative estimate of drug-likeness (QED) is 0.397. The lowest BCUT2D eigenvalue weighted by molar-refractivity contribution is -0.387. The molecule has 9 nitrogen and oxygen atoms in total. The number of H-pyrrole nitrogens is 1. The molecule has 0 bridgehead atoms. The monoisotopic (exact) mass is 415 g/mol. The Labute approximate surface area is 166 Å². The van der Waals surface area contributed by atoms with Crippen LogP contribution in [0.25, 0.3) is 10.9 Å². The van der Waals surface area contributed by atoms with Crippen LogP contribution >= 0.6 is 0 Å². The number of hydrogen-bond donors (Lipinski definition) is 1. The summed E-state index contributed by atoms with van der Waals surface area (Å²) in [6.45, 7) is 0.242. The van der Waals surface area contributed by atoms with Crippen LogP contribution in [-0.4, -0.2) is 42.3 Å². The number of nitro groups is 1. The number of benzene rings is 2. The number of methoxy groups -OCH3 is 1. The summed E-state index contributed by atoms with van der Waals surface area (Å²) in [5.41, 5.74) is 2.33. The molecule has 0 radical (unpaired) electrons. The first kappa shape index (κ1) is 19.1. The van der Waals surface area contributed by atoms with E-state index >= 15 is 0 Å². The summed E-state index contributed by atoms with van der Waals surface area (Å²) in [4.78, 5) is 25.4. The maximum atomic E-state index is 13.1. The number of sulfonamides is 1. The highest BCUT2D eigenvalue weighted by molar-refractivity contribution is 7.89. The Balaban J connectivity index is 1.76. The van der Waals surface area contributed by atoms with E-state index in [0.29, 0.717) is 12.0 Å². The van der Waals surface area contributed by atoms with Crippen LogP contribution in [0.3, 0.4) is 0 Å². The first-order valence-corrected chi connectivity index (χ1v) is 10.2. The van der Waals surface area contributed by atoms with Crippen LogP contribution in [0.15, 0.2) is 47.4 Å². The van der Waals surface area contributed by atoms with Gasteiger partial charge in [0.1, 0.15) is 0 Å². The first-order chi connectivity index (χ1) is 13.8. The van der Waals surface area contributed by atoms with Gasteiger partial charge in [0.2, 0.25) is 10.0 Å². The van der Waals surface area contributed by atoms with E-state index in [2.05, 4.69) is 4.98 Å². The molecule has 1 aromatic heterocycles. The van der Waals surface area contributed by atoms with E-state index in [1.165, 1.54) is 35.7 Å². The predicted octanol–water partition coefficient (Wildman–Crippen LogP) is 2.61. The van der Waals surface area contributed by atoms with Gasteiger partial charge in [-0.2, -0.15) is 4.31 Å². The SMILES string of the molecule is COC(=O)c1ccc2[nH]c3c(c2c1)CN(S(=O)(=O)c1ccccc1[N+](=O)[O-])CC3. The molecule has 0 amide bonds. The highest BCUT2D eigenvalue weighted by Gasteiger charge is 2.34. The van der Waals surface area contributed by atoms with Crippen molar-refractivity contribution in [3.05, 3.63) is 69.4 Å². The third-order valence-electron chi connectivity index (χ3n) is 5.04. The Hall–Kier alpha value is -3.24. The van der Waals surface area contributed by atoms with Crippen molar-refractivity contribution in [3.8, 4) is 0 Å². The van der Waals surface area contributed by atoms with Crippen LogP contribution in [0.1, 0.15) is 21.6 Å². The molecule has 3 aromatic rings. The van der Waals surface area contributed by atoms with Crippen molar-refractivity contribution in [2.75, 3.05) is 13.7 Å². The fourth-order valence-electron chi connectivity index (χ4n) is 3.60. The molecule has 2 heterocycles. The fourth-order valence-corrected chi connectivity index (χ4v) is 5.17. The first-order valence-electron chi connectivity index (χ1n) is 8.78. The molecule has 0 unspecified atom stereocenters. The van der Waals surface area contributed by atoms with E-state index < -0.39 is 26.6 Å². The number of nitrogens with zero attached hydrogens (tertiary/aromatic N) is 2. The molecular weight excluding hydrogens is 398 g/mol. The Bertz CT molecular complexity index is 1250. The number of carbonyl (C=O) groups excluding carboxylic acids is 1. The molecule has 150 valence electrons. The Kier molecular flexibility index (Phi) is 4.59. The van der Waals surface area contributed by atoms with Gasteiger partial charge < -0.3 is 9.72 Å². The van der Waals surface area contributed by atoms with Gasteiger partial charge in [0, 0.05) is 42.2 Å². The number of esters is 1. The minimum absolute atomic E-state index is 0.0499. The van der Waals surface area contributed by atoms with Crippen LogP contribution in [0.2, 0.25) is 0 Å². The van der Waals surface area contributed by atoms with Gasteiger partial charge in [-0.1, -0.05) is 12.1 Å². The van der Waals surface area contributed by atoms with Gasteiger partial charge in [-0.15, -0.1) is 0 Å². The van der Waals surface area contributed by atoms with Gasteiger partial charge in [0.15, 0.2) is 4.90 Å². The molecule has 0 fully saturated rings. The minimum Gasteiger partial charge on any atom is -0.465 e. The molecule has 0 saturated heterocycles. The number of ether oxygens (including phenoxy) is 1. The average molecular weight is 415 g/mol. The Morgan fingerprint density at radius 3 is 2.72 bits per heavy atom. The normalized spacial score (nSPS) is 14.5. The summed E-state index contributed by atoms with van der Waals surface area (Å²) < 4.78 is 32.3. The predicted molar refractivity (Wildman–Crippen MR) is 104 cm³/mol. The number of rotatable bonds is 4. The average Bonchev–Trinajstić information content (AvgIpc) is 3.10. The number of aromatic nitrogens is 1. The van der Waals surface area contributed by atoms with Crippen molar-refractivity contribution in [2.24, 2.45) is 0 Å². The lowest BCUT2D eigenvalue weighted by Gasteiger charge is -2.26. The number of aromatic amines is 1. The second-order valence-corrected chi connectivity index (χ2v) is 8.55. The number of fused-ring (bicyclic) bond motifs is 3. The van der Waals surface area contributed by atoms with Crippen molar-refractivity contribution < 1.29 is 22.9 Å². The van der Waals surface area contributed by atoms with Gasteiger partial charge in [-0.3, -0.25) is 10.1 Å². The van der Waals surface area contributed by atoms with E-state index in [0.717, 1.165) is 22.2 Å². The zero-order chi connectivity index (χ0) is 20.8. The van der Waals surface area contributed by atoms with Gasteiger partial charge in [-0.05, 0) is 29.8 Å². The second-order valence-electron chi connectivity index (χ2n) is 6.65. The largest absolute Gasteiger partial charge is 0.465 e. The van der Waals surface area contributed by atoms with Crippen molar-refractivity contribution >= 4 is 32.6 Å². The fraction of sp³-hybridized carbons (Fsp3) is 0.211. The zero-order valence-corrected chi connectivity index (χ0v) is 16.2. The topological polar surface area (TPSA) is 123 Å². The molecule has 2 aromatic carbocycles. The van der Waals surface area contributed by atoms with Gasteiger partial charge in [0.25, 0.3) is 5.69 Å². The summed E-state index contributed by atoms with van der Waals surface area (Å²) in [6, 6.07) is 10.4. The lowest BCUT2D eigenvalue weighted by atomic mass is 10.0. The Morgan fingerprint density at radius 2 is 2.00 bits per heavy atom. The van der Waals surface area contributed by atoms with Crippen molar-refractivity contribution in [1.82, 2.24) is 9.29 Å². The minimum atomic E-state index is -4.07. The van der Waals surface area contributed by atoms with E-state index in [4.69, 9.17) is 4.74 Å². The molecule has 0 aliphatic carbocycles. The van der Waals surface area contributed by atoms with E-state index in [-0.39, 0.29) is 18.0 Å². The number of para-hydroxylation sites is 1. The lowest BCUT2D eigenvalue weighted by Crippen LogP contribution is -2.36. The van der Waals surface area contributed by atoms with Crippen LogP contribution in [-0.2, 0) is 27.7 Å². The highest BCUT2D eigenvalue weighted by Crippen LogP contribution is 2.33. The summed E-state index contributed by atoms with van der Waals surface area (Å²) in [7, 11) is -2.78. The molecule has 0 saturated carbocycles. The smallest absolute Gasteiger partial charge is 0.337 e. The van der Waals surface area contributed by atoms with E-state index in [9.17, 15) is 23.3 Å². The third-order valence-corrected chi connectivity index (χ3v) is 6.93. The number of hydrogen-bond acceptors (Lipinski definition) is 6. The summed E-state index contributed by atoms with van der Waals surface area (Å²) in [5.74, 6) is -0.484. The molecule has 1 N–H and O–H groups in total. The number of nitrogens with one attached hydrogen (secondary N) is 1. The number of nitro benzene ring substituents is 1. The second kappa shape index (κ2) is 6.98. The zero-order valence-electron chi connectivity index (χ0n) is 15.4. The maximum Gasteiger partial charge on any atom is 0.337 e. The van der Waals surface area contributed by atoms with E-state index in [1.807, 2.05) is 0 Å². The molecular formula is C19H17N3O6S. The van der Waals surface area contributed by atoms with Gasteiger partial charge in [0.05, 0.1) is 17.6 Å². The molecule has 10 heteroatoms. The van der Waals surface area contributed by atoms with Gasteiger partial charge in [-0.25, -0.2) is 13.2 Å². The molecule has 1 aliphatic rings. The van der Waals surface area contributed by atoms with Crippen LogP contribution in [0.4, 0.5) is 5.69 Å². The van der Waals surface area contributed by atoms with Crippen molar-refractivity contribution in [3.63, 3.8) is 0 Å². The molecule has 0 atom stereocenters. The van der Waals surface area contributed by atoms with Crippen LogP contribution < -0.4 is 0 Å². The van der Waals surface area contributed by atoms with Crippen LogP contribution in [0, 0.1) is 10.1 Å². The third kappa shape index (κ3) is 3.15. The molecule has 0 spiro atoms. The molecule has 29 heavy (non-hydrogen) atoms. The summed E-state index contributed by atoms with van der Waals surface area (Å²) in [5, 5.41) is 12.0. The van der Waals surface area contributed by atoms with Gasteiger partial charge >= 0.3 is 5.97 Å². The van der Waals surface area contributed by atoms with Crippen LogP contribution in [0.5, 0.6) is 0 Å². The molecule has 4 rings (SSSR count). The van der Waals surface area contributed by atoms with Crippen molar-refractivity contribution in [2.45, 2.75) is 17.9 Å². The number of carbonyl (C=O) groups is 1. The Morgan fingerprint density at radius 1 is 1.24 bits per heavy atom. The summed E-state index contributed by atoms with van der Waals surface area (Å²) in [6.07, 6.45) is 0.428. The standard InChI is InChI=1S/C19H17N3O6S/c1-28-19(23)12-6-7-15-13(10-12)14-11-21(9-8-16(14)20-15)29(26,27)18-5-3-2-4-17(18)22(24)25/h2-7,10,20H,8-9,11H2,1H3.